The van der Waals surface area contributed by atoms with Crippen LogP contribution >= 0.6 is 0 Å². The molecule has 0 saturated carbocycles. The molecular weight excluding hydrogens is 434 g/mol. The van der Waals surface area contributed by atoms with Gasteiger partial charge in [0, 0.05) is 17.4 Å². The normalized spacial score (nSPS) is 12.0. The Bertz CT molecular complexity index is 1260. The van der Waals surface area contributed by atoms with E-state index >= 15 is 0 Å². The summed E-state index contributed by atoms with van der Waals surface area (Å²) in [6.45, 7) is 5.76. The van der Waals surface area contributed by atoms with Gasteiger partial charge >= 0.3 is 0 Å². The molecule has 1 amide bonds. The van der Waals surface area contributed by atoms with Crippen LogP contribution in [-0.2, 0) is 14.8 Å². The Hall–Kier alpha value is -3.47. The van der Waals surface area contributed by atoms with Crippen molar-refractivity contribution in [1.82, 2.24) is 9.71 Å². The van der Waals surface area contributed by atoms with Crippen molar-refractivity contribution < 1.29 is 13.2 Å². The van der Waals surface area contributed by atoms with Gasteiger partial charge in [-0.2, -0.15) is 4.72 Å². The lowest BCUT2D eigenvalue weighted by Crippen LogP contribution is -2.44. The largest absolute Gasteiger partial charge is 0.325 e. The molecule has 0 bridgehead atoms. The molecule has 0 radical (unpaired) electrons. The first kappa shape index (κ1) is 24.2. The molecule has 6 nitrogen and oxygen atoms in total. The van der Waals surface area contributed by atoms with E-state index in [1.165, 1.54) is 12.1 Å². The van der Waals surface area contributed by atoms with E-state index in [0.29, 0.717) is 23.4 Å². The lowest BCUT2D eigenvalue weighted by Gasteiger charge is -2.20. The maximum Gasteiger partial charge on any atom is 0.242 e. The molecular formula is C26H27N3O3S. The van der Waals surface area contributed by atoms with Crippen LogP contribution in [0, 0.1) is 24.7 Å². The van der Waals surface area contributed by atoms with E-state index in [4.69, 9.17) is 0 Å². The molecule has 0 aliphatic rings. The monoisotopic (exact) mass is 461 g/mol. The van der Waals surface area contributed by atoms with Crippen molar-refractivity contribution in [2.24, 2.45) is 5.92 Å². The van der Waals surface area contributed by atoms with Gasteiger partial charge in [0.2, 0.25) is 15.9 Å². The molecule has 33 heavy (non-hydrogen) atoms. The van der Waals surface area contributed by atoms with Crippen molar-refractivity contribution in [3.8, 4) is 11.8 Å². The Morgan fingerprint density at radius 2 is 1.76 bits per heavy atom. The zero-order valence-corrected chi connectivity index (χ0v) is 19.7. The molecule has 2 aromatic carbocycles. The third-order valence-electron chi connectivity index (χ3n) is 4.78. The summed E-state index contributed by atoms with van der Waals surface area (Å²) in [6.07, 6.45) is 2.03. The van der Waals surface area contributed by atoms with Gasteiger partial charge in [-0.25, -0.2) is 13.4 Å². The Morgan fingerprint density at radius 3 is 2.42 bits per heavy atom. The summed E-state index contributed by atoms with van der Waals surface area (Å²) in [5, 5.41) is 2.82. The highest BCUT2D eigenvalue weighted by molar-refractivity contribution is 7.89. The molecule has 1 heterocycles. The Morgan fingerprint density at radius 1 is 1.00 bits per heavy atom. The molecule has 3 aromatic rings. The van der Waals surface area contributed by atoms with Crippen molar-refractivity contribution in [1.29, 1.82) is 0 Å². The fraction of sp³-hybridized carbons (Fsp3) is 0.231. The number of nitrogens with one attached hydrogen (secondary N) is 2. The minimum atomic E-state index is -3.85. The number of anilines is 1. The number of hydrogen-bond acceptors (Lipinski definition) is 4. The van der Waals surface area contributed by atoms with Crippen molar-refractivity contribution in [2.45, 2.75) is 38.1 Å². The van der Waals surface area contributed by atoms with Crippen LogP contribution in [0.2, 0.25) is 0 Å². The van der Waals surface area contributed by atoms with Crippen LogP contribution < -0.4 is 10.0 Å². The molecule has 0 fully saturated rings. The molecule has 2 N–H and O–H groups in total. The number of nitrogens with zero attached hydrogens (tertiary/aromatic N) is 1. The van der Waals surface area contributed by atoms with Gasteiger partial charge in [-0.15, -0.1) is 0 Å². The summed E-state index contributed by atoms with van der Waals surface area (Å²) in [6, 6.07) is 18.2. The summed E-state index contributed by atoms with van der Waals surface area (Å²) < 4.78 is 28.3. The quantitative estimate of drug-likeness (QED) is 0.518. The van der Waals surface area contributed by atoms with Crippen molar-refractivity contribution in [3.63, 3.8) is 0 Å². The molecule has 0 spiro atoms. The lowest BCUT2D eigenvalue weighted by atomic mass is 10.0. The standard InChI is InChI=1S/C26H27N3O3S/c1-19(2)17-25(29-33(31,32)24-14-10-20(3)11-15-24)26(30)28-23-9-6-7-21(18-23)12-13-22-8-4-5-16-27-22/h4-11,14-16,18-19,25,29H,17H2,1-3H3,(H,28,30)/t25-/m0/s1. The van der Waals surface area contributed by atoms with Crippen molar-refractivity contribution >= 4 is 21.6 Å². The minimum Gasteiger partial charge on any atom is -0.325 e. The predicted octanol–water partition coefficient (Wildman–Crippen LogP) is 4.12. The molecule has 0 aliphatic carbocycles. The topological polar surface area (TPSA) is 88.2 Å². The number of carbonyl (C=O) groups excluding carboxylic acids is 1. The van der Waals surface area contributed by atoms with E-state index in [9.17, 15) is 13.2 Å². The van der Waals surface area contributed by atoms with E-state index in [1.54, 1.807) is 36.5 Å². The van der Waals surface area contributed by atoms with Gasteiger partial charge in [0.1, 0.15) is 11.7 Å². The number of amides is 1. The van der Waals surface area contributed by atoms with Gasteiger partial charge < -0.3 is 5.32 Å². The van der Waals surface area contributed by atoms with Gasteiger partial charge in [0.05, 0.1) is 4.90 Å². The van der Waals surface area contributed by atoms with Gasteiger partial charge in [0.15, 0.2) is 0 Å². The summed E-state index contributed by atoms with van der Waals surface area (Å²) in [5.41, 5.74) is 2.85. The first-order valence-electron chi connectivity index (χ1n) is 10.7. The maximum absolute atomic E-state index is 13.0. The molecule has 170 valence electrons. The second-order valence-corrected chi connectivity index (χ2v) is 9.87. The van der Waals surface area contributed by atoms with E-state index < -0.39 is 22.0 Å². The van der Waals surface area contributed by atoms with Crippen LogP contribution in [0.4, 0.5) is 5.69 Å². The molecule has 1 atom stereocenters. The highest BCUT2D eigenvalue weighted by Gasteiger charge is 2.26. The Labute approximate surface area is 195 Å². The third kappa shape index (κ3) is 7.28. The number of pyridine rings is 1. The second-order valence-electron chi connectivity index (χ2n) is 8.15. The third-order valence-corrected chi connectivity index (χ3v) is 6.27. The number of aryl methyl sites for hydroxylation is 1. The van der Waals surface area contributed by atoms with Crippen LogP contribution in [-0.4, -0.2) is 25.4 Å². The smallest absolute Gasteiger partial charge is 0.242 e. The lowest BCUT2D eigenvalue weighted by molar-refractivity contribution is -0.118. The maximum atomic E-state index is 13.0. The second kappa shape index (κ2) is 10.9. The van der Waals surface area contributed by atoms with Gasteiger partial charge in [-0.1, -0.05) is 49.6 Å². The highest BCUT2D eigenvalue weighted by Crippen LogP contribution is 2.16. The van der Waals surface area contributed by atoms with E-state index in [1.807, 2.05) is 45.0 Å². The number of sulfonamides is 1. The number of benzene rings is 2. The first-order valence-corrected chi connectivity index (χ1v) is 12.1. The zero-order chi connectivity index (χ0) is 23.8. The summed E-state index contributed by atoms with van der Waals surface area (Å²) in [7, 11) is -3.85. The fourth-order valence-corrected chi connectivity index (χ4v) is 4.34. The van der Waals surface area contributed by atoms with Gasteiger partial charge in [0.25, 0.3) is 0 Å². The predicted molar refractivity (Wildman–Crippen MR) is 130 cm³/mol. The summed E-state index contributed by atoms with van der Waals surface area (Å²) in [5.74, 6) is 5.69. The summed E-state index contributed by atoms with van der Waals surface area (Å²) in [4.78, 5) is 17.3. The van der Waals surface area contributed by atoms with Gasteiger partial charge in [-0.3, -0.25) is 4.79 Å². The van der Waals surface area contributed by atoms with Crippen LogP contribution in [0.15, 0.2) is 77.8 Å². The summed E-state index contributed by atoms with van der Waals surface area (Å²) >= 11 is 0. The van der Waals surface area contributed by atoms with E-state index in [0.717, 1.165) is 5.56 Å². The molecule has 0 saturated heterocycles. The van der Waals surface area contributed by atoms with Gasteiger partial charge in [-0.05, 0) is 67.6 Å². The Kier molecular flexibility index (Phi) is 7.99. The number of hydrogen-bond donors (Lipinski definition) is 2. The molecule has 7 heteroatoms. The van der Waals surface area contributed by atoms with Crippen LogP contribution in [0.25, 0.3) is 0 Å². The molecule has 1 aromatic heterocycles. The number of rotatable bonds is 7. The number of carbonyl (C=O) groups is 1. The average Bonchev–Trinajstić information content (AvgIpc) is 2.78. The van der Waals surface area contributed by atoms with Crippen molar-refractivity contribution in [2.75, 3.05) is 5.32 Å². The zero-order valence-electron chi connectivity index (χ0n) is 18.9. The van der Waals surface area contributed by atoms with E-state index in [2.05, 4.69) is 26.9 Å². The van der Waals surface area contributed by atoms with Crippen molar-refractivity contribution in [3.05, 3.63) is 89.7 Å². The minimum absolute atomic E-state index is 0.108. The molecule has 0 aliphatic heterocycles. The first-order chi connectivity index (χ1) is 15.7. The average molecular weight is 462 g/mol. The Balaban J connectivity index is 1.76. The number of aromatic nitrogens is 1. The van der Waals surface area contributed by atoms with Crippen LogP contribution in [0.5, 0.6) is 0 Å². The van der Waals surface area contributed by atoms with Crippen LogP contribution in [0.3, 0.4) is 0 Å². The fourth-order valence-electron chi connectivity index (χ4n) is 3.13. The van der Waals surface area contributed by atoms with E-state index in [-0.39, 0.29) is 10.8 Å². The SMILES string of the molecule is Cc1ccc(S(=O)(=O)N[C@@H](CC(C)C)C(=O)Nc2cccc(C#Cc3ccccn3)c2)cc1. The van der Waals surface area contributed by atoms with Crippen LogP contribution in [0.1, 0.15) is 37.1 Å². The highest BCUT2D eigenvalue weighted by atomic mass is 32.2. The molecule has 0 unspecified atom stereocenters. The molecule has 3 rings (SSSR count).